The third-order valence-corrected chi connectivity index (χ3v) is 3.37. The van der Waals surface area contributed by atoms with E-state index in [1.54, 1.807) is 0 Å². The Morgan fingerprint density at radius 2 is 2.05 bits per heavy atom. The van der Waals surface area contributed by atoms with Crippen molar-refractivity contribution in [2.24, 2.45) is 5.73 Å². The SMILES string of the molecule is Cc1ccc(C(=O)N2CCCCC2)c(C#CCN)c1. The molecule has 1 aliphatic heterocycles. The first-order valence-electron chi connectivity index (χ1n) is 6.81. The Bertz CT molecular complexity index is 519. The second-order valence-corrected chi connectivity index (χ2v) is 4.91. The Hall–Kier alpha value is -1.79. The van der Waals surface area contributed by atoms with Gasteiger partial charge in [-0.3, -0.25) is 4.79 Å². The van der Waals surface area contributed by atoms with Crippen molar-refractivity contribution in [2.75, 3.05) is 19.6 Å². The summed E-state index contributed by atoms with van der Waals surface area (Å²) in [6, 6.07) is 5.80. The van der Waals surface area contributed by atoms with Gasteiger partial charge in [0.25, 0.3) is 5.91 Å². The molecule has 1 fully saturated rings. The number of benzene rings is 1. The first-order valence-corrected chi connectivity index (χ1v) is 6.81. The summed E-state index contributed by atoms with van der Waals surface area (Å²) in [4.78, 5) is 14.5. The van der Waals surface area contributed by atoms with E-state index in [1.807, 2.05) is 30.0 Å². The quantitative estimate of drug-likeness (QED) is 0.780. The molecule has 2 N–H and O–H groups in total. The van der Waals surface area contributed by atoms with Crippen molar-refractivity contribution in [2.45, 2.75) is 26.2 Å². The van der Waals surface area contributed by atoms with Crippen LogP contribution in [0.4, 0.5) is 0 Å². The first kappa shape index (κ1) is 13.6. The standard InChI is InChI=1S/C16H20N2O/c1-13-7-8-15(14(12-13)6-5-9-17)16(19)18-10-3-2-4-11-18/h7-8,12H,2-4,9-11,17H2,1H3. The summed E-state index contributed by atoms with van der Waals surface area (Å²) >= 11 is 0. The maximum atomic E-state index is 12.5. The van der Waals surface area contributed by atoms with Gasteiger partial charge in [-0.2, -0.15) is 0 Å². The molecule has 0 atom stereocenters. The van der Waals surface area contributed by atoms with Gasteiger partial charge in [0.05, 0.1) is 12.1 Å². The Labute approximate surface area is 114 Å². The number of piperidine rings is 1. The number of hydrogen-bond donors (Lipinski definition) is 1. The molecule has 19 heavy (non-hydrogen) atoms. The number of rotatable bonds is 1. The van der Waals surface area contributed by atoms with Gasteiger partial charge in [0.1, 0.15) is 0 Å². The largest absolute Gasteiger partial charge is 0.339 e. The summed E-state index contributed by atoms with van der Waals surface area (Å²) in [7, 11) is 0. The Morgan fingerprint density at radius 3 is 2.74 bits per heavy atom. The highest BCUT2D eigenvalue weighted by Gasteiger charge is 2.20. The van der Waals surface area contributed by atoms with E-state index in [9.17, 15) is 4.79 Å². The second kappa shape index (κ2) is 6.40. The van der Waals surface area contributed by atoms with Crippen LogP contribution >= 0.6 is 0 Å². The van der Waals surface area contributed by atoms with Crippen LogP contribution in [0.3, 0.4) is 0 Å². The van der Waals surface area contributed by atoms with Gasteiger partial charge in [0.15, 0.2) is 0 Å². The average molecular weight is 256 g/mol. The molecule has 0 spiro atoms. The van der Waals surface area contributed by atoms with Crippen molar-refractivity contribution >= 4 is 5.91 Å². The lowest BCUT2D eigenvalue weighted by Gasteiger charge is -2.27. The highest BCUT2D eigenvalue weighted by Crippen LogP contribution is 2.17. The predicted molar refractivity (Wildman–Crippen MR) is 76.9 cm³/mol. The van der Waals surface area contributed by atoms with Crippen molar-refractivity contribution in [3.05, 3.63) is 34.9 Å². The number of aryl methyl sites for hydroxylation is 1. The third-order valence-electron chi connectivity index (χ3n) is 3.37. The van der Waals surface area contributed by atoms with Gasteiger partial charge in [-0.1, -0.05) is 17.9 Å². The predicted octanol–water partition coefficient (Wildman–Crippen LogP) is 1.93. The summed E-state index contributed by atoms with van der Waals surface area (Å²) in [5.74, 6) is 5.95. The summed E-state index contributed by atoms with van der Waals surface area (Å²) in [5.41, 5.74) is 8.02. The number of amides is 1. The fourth-order valence-corrected chi connectivity index (χ4v) is 2.36. The van der Waals surface area contributed by atoms with Crippen molar-refractivity contribution in [1.82, 2.24) is 4.90 Å². The van der Waals surface area contributed by atoms with Crippen LogP contribution in [0.15, 0.2) is 18.2 Å². The van der Waals surface area contributed by atoms with Crippen LogP contribution in [0.25, 0.3) is 0 Å². The molecule has 1 aliphatic rings. The topological polar surface area (TPSA) is 46.3 Å². The molecule has 1 aromatic carbocycles. The molecular formula is C16H20N2O. The summed E-state index contributed by atoms with van der Waals surface area (Å²) in [5, 5.41) is 0. The zero-order valence-electron chi connectivity index (χ0n) is 11.4. The van der Waals surface area contributed by atoms with Crippen LogP contribution in [0.2, 0.25) is 0 Å². The van der Waals surface area contributed by atoms with Crippen LogP contribution in [0, 0.1) is 18.8 Å². The molecule has 1 heterocycles. The van der Waals surface area contributed by atoms with Crippen molar-refractivity contribution in [3.8, 4) is 11.8 Å². The fraction of sp³-hybridized carbons (Fsp3) is 0.438. The van der Waals surface area contributed by atoms with Gasteiger partial charge in [-0.25, -0.2) is 0 Å². The first-order chi connectivity index (χ1) is 9.22. The van der Waals surface area contributed by atoms with Gasteiger partial charge in [-0.05, 0) is 43.9 Å². The molecule has 1 saturated heterocycles. The molecule has 1 amide bonds. The van der Waals surface area contributed by atoms with Crippen LogP contribution in [-0.4, -0.2) is 30.4 Å². The molecule has 1 aromatic rings. The molecule has 100 valence electrons. The van der Waals surface area contributed by atoms with E-state index < -0.39 is 0 Å². The lowest BCUT2D eigenvalue weighted by Crippen LogP contribution is -2.36. The number of nitrogens with zero attached hydrogens (tertiary/aromatic N) is 1. The maximum absolute atomic E-state index is 12.5. The Morgan fingerprint density at radius 1 is 1.32 bits per heavy atom. The molecule has 0 saturated carbocycles. The maximum Gasteiger partial charge on any atom is 0.255 e. The lowest BCUT2D eigenvalue weighted by molar-refractivity contribution is 0.0724. The van der Waals surface area contributed by atoms with Gasteiger partial charge >= 0.3 is 0 Å². The molecule has 3 heteroatoms. The Kier molecular flexibility index (Phi) is 4.59. The number of nitrogens with two attached hydrogens (primary N) is 1. The third kappa shape index (κ3) is 3.36. The van der Waals surface area contributed by atoms with E-state index in [2.05, 4.69) is 11.8 Å². The van der Waals surface area contributed by atoms with Crippen molar-refractivity contribution in [3.63, 3.8) is 0 Å². The zero-order valence-corrected chi connectivity index (χ0v) is 11.4. The molecule has 2 rings (SSSR count). The van der Waals surface area contributed by atoms with E-state index in [0.717, 1.165) is 37.1 Å². The number of carbonyl (C=O) groups is 1. The summed E-state index contributed by atoms with van der Waals surface area (Å²) < 4.78 is 0. The number of likely N-dealkylation sites (tertiary alicyclic amines) is 1. The molecule has 3 nitrogen and oxygen atoms in total. The molecule has 0 aliphatic carbocycles. The minimum atomic E-state index is 0.0982. The van der Waals surface area contributed by atoms with Crippen LogP contribution < -0.4 is 5.73 Å². The zero-order chi connectivity index (χ0) is 13.7. The van der Waals surface area contributed by atoms with E-state index in [4.69, 9.17) is 5.73 Å². The summed E-state index contributed by atoms with van der Waals surface area (Å²) in [6.45, 7) is 4.03. The van der Waals surface area contributed by atoms with E-state index in [-0.39, 0.29) is 5.91 Å². The van der Waals surface area contributed by atoms with Gasteiger partial charge in [0.2, 0.25) is 0 Å². The lowest BCUT2D eigenvalue weighted by atomic mass is 10.0. The summed E-state index contributed by atoms with van der Waals surface area (Å²) in [6.07, 6.45) is 3.42. The minimum absolute atomic E-state index is 0.0982. The van der Waals surface area contributed by atoms with E-state index in [0.29, 0.717) is 12.1 Å². The van der Waals surface area contributed by atoms with Gasteiger partial charge in [0, 0.05) is 18.7 Å². The number of carbonyl (C=O) groups excluding carboxylic acids is 1. The van der Waals surface area contributed by atoms with E-state index in [1.165, 1.54) is 6.42 Å². The fourth-order valence-electron chi connectivity index (χ4n) is 2.36. The molecule has 0 unspecified atom stereocenters. The highest BCUT2D eigenvalue weighted by molar-refractivity contribution is 5.97. The second-order valence-electron chi connectivity index (χ2n) is 4.91. The Balaban J connectivity index is 2.29. The van der Waals surface area contributed by atoms with Gasteiger partial charge < -0.3 is 10.6 Å². The van der Waals surface area contributed by atoms with Crippen LogP contribution in [0.5, 0.6) is 0 Å². The van der Waals surface area contributed by atoms with Crippen LogP contribution in [-0.2, 0) is 0 Å². The normalized spacial score (nSPS) is 14.7. The molecule has 0 bridgehead atoms. The average Bonchev–Trinajstić information content (AvgIpc) is 2.45. The molecular weight excluding hydrogens is 236 g/mol. The monoisotopic (exact) mass is 256 g/mol. The van der Waals surface area contributed by atoms with Crippen molar-refractivity contribution in [1.29, 1.82) is 0 Å². The minimum Gasteiger partial charge on any atom is -0.339 e. The molecule has 0 radical (unpaired) electrons. The number of hydrogen-bond acceptors (Lipinski definition) is 2. The molecule has 0 aromatic heterocycles. The highest BCUT2D eigenvalue weighted by atomic mass is 16.2. The van der Waals surface area contributed by atoms with Crippen LogP contribution in [0.1, 0.15) is 40.7 Å². The van der Waals surface area contributed by atoms with Crippen molar-refractivity contribution < 1.29 is 4.79 Å². The van der Waals surface area contributed by atoms with Gasteiger partial charge in [-0.15, -0.1) is 0 Å². The smallest absolute Gasteiger partial charge is 0.255 e. The van der Waals surface area contributed by atoms with E-state index >= 15 is 0 Å².